The van der Waals surface area contributed by atoms with Crippen LogP contribution in [0.3, 0.4) is 0 Å². The summed E-state index contributed by atoms with van der Waals surface area (Å²) in [5, 5.41) is 34.1. The van der Waals surface area contributed by atoms with Crippen molar-refractivity contribution in [1.29, 1.82) is 0 Å². The molecule has 0 saturated carbocycles. The molecular weight excluding hydrogens is 1160 g/mol. The Balaban J connectivity index is 1.52. The lowest BCUT2D eigenvalue weighted by atomic mass is 10.0. The van der Waals surface area contributed by atoms with Crippen LogP contribution in [0.5, 0.6) is 0 Å². The number of nitrogens with two attached hydrogens (primary N) is 6. The first-order chi connectivity index (χ1) is 42.6. The number of amides is 10. The molecule has 0 aliphatic rings. The molecule has 30 heteroatoms. The van der Waals surface area contributed by atoms with Gasteiger partial charge < -0.3 is 76.7 Å². The third-order valence-electron chi connectivity index (χ3n) is 13.6. The van der Waals surface area contributed by atoms with Crippen LogP contribution in [-0.2, 0) is 61.0 Å². The van der Waals surface area contributed by atoms with E-state index >= 15 is 0 Å². The molecule has 4 rings (SSSR count). The normalized spacial score (nSPS) is 13.6. The molecule has 10 amide bonds. The fourth-order valence-corrected chi connectivity index (χ4v) is 9.20. The SMILES string of the molecule is CC(C)C[C@H](NC(=O)CN(Cc1ccc2ccccc2c1)NC(=O)[C@H](C)NC(=O)[C@H](CCN=C(N)N)NC(=O)CNC(=O)[C@H](CO)NC(=O)[C@H](CC(C)C)NC(=O)[C@H](C)N)C(=O)N[C@H](CCCN=C(N)N)C(=O)NN(CC(N)=O)Cc1ccc2ccccc2c1. The second kappa shape index (κ2) is 36.7. The smallest absolute Gasteiger partial charge is 0.256 e. The van der Waals surface area contributed by atoms with Crippen molar-refractivity contribution in [2.75, 3.05) is 39.3 Å². The Kier molecular flexibility index (Phi) is 29.8. The van der Waals surface area contributed by atoms with Gasteiger partial charge in [-0.25, -0.2) is 10.0 Å². The van der Waals surface area contributed by atoms with E-state index in [2.05, 4.69) is 58.1 Å². The fraction of sp³-hybridized carbons (Fsp3) is 0.467. The first-order valence-electron chi connectivity index (χ1n) is 29.5. The molecule has 4 aromatic rings. The number of hydrogen-bond acceptors (Lipinski definition) is 16. The van der Waals surface area contributed by atoms with E-state index < -0.39 is 121 Å². The Morgan fingerprint density at radius 2 is 0.933 bits per heavy atom. The van der Waals surface area contributed by atoms with Gasteiger partial charge in [0.1, 0.15) is 36.3 Å². The lowest BCUT2D eigenvalue weighted by Gasteiger charge is -2.29. The van der Waals surface area contributed by atoms with Crippen LogP contribution in [0.1, 0.15) is 84.8 Å². The quantitative estimate of drug-likeness (QED) is 0.00928. The van der Waals surface area contributed by atoms with Crippen molar-refractivity contribution >= 4 is 92.5 Å². The first kappa shape index (κ1) is 73.0. The van der Waals surface area contributed by atoms with Crippen LogP contribution >= 0.6 is 0 Å². The number of aliphatic hydroxyl groups excluding tert-OH is 1. The number of carbonyl (C=O) groups excluding carboxylic acids is 10. The molecule has 0 radical (unpaired) electrons. The van der Waals surface area contributed by atoms with Crippen molar-refractivity contribution in [3.05, 3.63) is 96.1 Å². The highest BCUT2D eigenvalue weighted by Gasteiger charge is 2.32. The first-order valence-corrected chi connectivity index (χ1v) is 29.5. The molecule has 0 bridgehead atoms. The van der Waals surface area contributed by atoms with E-state index in [1.54, 1.807) is 19.9 Å². The molecule has 30 nitrogen and oxygen atoms in total. The zero-order valence-corrected chi connectivity index (χ0v) is 51.8. The topological polar surface area (TPSA) is 487 Å². The molecule has 0 spiro atoms. The minimum Gasteiger partial charge on any atom is -0.394 e. The van der Waals surface area contributed by atoms with E-state index in [0.717, 1.165) is 27.1 Å². The lowest BCUT2D eigenvalue weighted by molar-refractivity contribution is -0.136. The molecule has 0 saturated heterocycles. The van der Waals surface area contributed by atoms with E-state index in [1.807, 2.05) is 92.7 Å². The predicted molar refractivity (Wildman–Crippen MR) is 339 cm³/mol. The van der Waals surface area contributed by atoms with Crippen LogP contribution in [0.2, 0.25) is 0 Å². The van der Waals surface area contributed by atoms with Gasteiger partial charge in [0.25, 0.3) is 11.8 Å². The number of benzene rings is 4. The van der Waals surface area contributed by atoms with Crippen molar-refractivity contribution in [2.45, 2.75) is 129 Å². The van der Waals surface area contributed by atoms with E-state index in [1.165, 1.54) is 23.9 Å². The van der Waals surface area contributed by atoms with Gasteiger partial charge in [0.05, 0.1) is 32.3 Å². The summed E-state index contributed by atoms with van der Waals surface area (Å²) in [4.78, 5) is 143. The number of primary amides is 1. The fourth-order valence-electron chi connectivity index (χ4n) is 9.20. The maximum atomic E-state index is 14.4. The van der Waals surface area contributed by atoms with Crippen LogP contribution in [0.25, 0.3) is 21.5 Å². The van der Waals surface area contributed by atoms with Crippen LogP contribution in [0.4, 0.5) is 0 Å². The molecule has 0 aliphatic heterocycles. The van der Waals surface area contributed by atoms with E-state index in [9.17, 15) is 53.1 Å². The van der Waals surface area contributed by atoms with E-state index in [-0.39, 0.29) is 88.6 Å². The summed E-state index contributed by atoms with van der Waals surface area (Å²) in [6.07, 6.45) is 0.311. The van der Waals surface area contributed by atoms with Crippen molar-refractivity contribution < 1.29 is 53.1 Å². The molecule has 490 valence electrons. The number of fused-ring (bicyclic) bond motifs is 2. The van der Waals surface area contributed by atoms with Gasteiger partial charge in [-0.2, -0.15) is 0 Å². The van der Waals surface area contributed by atoms with Gasteiger partial charge >= 0.3 is 0 Å². The number of aliphatic hydroxyl groups is 1. The molecule has 7 atom stereocenters. The summed E-state index contributed by atoms with van der Waals surface area (Å²) in [5.74, 6) is -8.63. The van der Waals surface area contributed by atoms with Crippen molar-refractivity contribution in [1.82, 2.24) is 58.1 Å². The number of carbonyl (C=O) groups is 10. The Morgan fingerprint density at radius 1 is 0.478 bits per heavy atom. The van der Waals surface area contributed by atoms with Crippen LogP contribution in [0.15, 0.2) is 94.9 Å². The minimum absolute atomic E-state index is 0.0207. The Labute approximate surface area is 522 Å². The third-order valence-corrected chi connectivity index (χ3v) is 13.6. The van der Waals surface area contributed by atoms with Gasteiger partial charge in [-0.15, -0.1) is 0 Å². The average Bonchev–Trinajstić information content (AvgIpc) is 2.75. The Hall–Kier alpha value is -9.52. The molecule has 0 unspecified atom stereocenters. The van der Waals surface area contributed by atoms with Crippen molar-refractivity contribution in [3.63, 3.8) is 0 Å². The number of guanidine groups is 2. The summed E-state index contributed by atoms with van der Waals surface area (Å²) in [6, 6.07) is 17.5. The van der Waals surface area contributed by atoms with Crippen LogP contribution < -0.4 is 82.5 Å². The zero-order valence-electron chi connectivity index (χ0n) is 51.8. The molecule has 0 fully saturated rings. The minimum atomic E-state index is -1.56. The summed E-state index contributed by atoms with van der Waals surface area (Å²) < 4.78 is 0. The maximum Gasteiger partial charge on any atom is 0.256 e. The number of nitrogens with zero attached hydrogens (tertiary/aromatic N) is 4. The Morgan fingerprint density at radius 3 is 1.44 bits per heavy atom. The lowest BCUT2D eigenvalue weighted by Crippen LogP contribution is -2.59. The largest absolute Gasteiger partial charge is 0.394 e. The summed E-state index contributed by atoms with van der Waals surface area (Å²) in [7, 11) is 0. The van der Waals surface area contributed by atoms with Crippen LogP contribution in [-0.4, -0.2) is 168 Å². The van der Waals surface area contributed by atoms with Gasteiger partial charge in [0, 0.05) is 26.2 Å². The summed E-state index contributed by atoms with van der Waals surface area (Å²) in [5.41, 5.74) is 40.3. The van der Waals surface area contributed by atoms with Gasteiger partial charge in [0.15, 0.2) is 11.9 Å². The summed E-state index contributed by atoms with van der Waals surface area (Å²) >= 11 is 0. The van der Waals surface area contributed by atoms with Crippen molar-refractivity contribution in [2.24, 2.45) is 56.2 Å². The van der Waals surface area contributed by atoms with Crippen molar-refractivity contribution in [3.8, 4) is 0 Å². The maximum absolute atomic E-state index is 14.4. The van der Waals surface area contributed by atoms with Crippen LogP contribution in [0, 0.1) is 11.8 Å². The molecule has 22 N–H and O–H groups in total. The number of rotatable bonds is 37. The number of hydrazine groups is 2. The Bertz CT molecular complexity index is 3190. The standard InChI is InChI=1S/C60H89N19O11/c1-34(2)24-46(56(88)73-44(16-11-22-67-59(63)64)58(90)77-78(31-49(62)81)29-38-17-19-40-12-7-9-14-42(40)26-38)72-51(83)32-79(30-39-18-20-41-13-8-10-15-43(41)27-39)76-53(85)37(6)70-55(87)45(21-23-68-60(65)66)71-50(82)28-69-54(86)48(33-80)75-57(89)47(25-35(3)4)74-52(84)36(5)61/h7-10,12-15,17-20,26-27,34-37,44-48,80H,11,16,21-25,28-33,61H2,1-6H3,(H2,62,81)(H,69,86)(H,70,87)(H,71,82)(H,72,83)(H,73,88)(H,74,84)(H,75,89)(H,76,85)(H,77,90)(H4,63,64,67)(H4,65,66,68)/t36-,37-,44+,45-,46-,47-,48-/m0/s1. The number of nitrogens with one attached hydrogen (secondary N) is 9. The zero-order chi connectivity index (χ0) is 66.6. The molecule has 4 aromatic carbocycles. The van der Waals surface area contributed by atoms with Gasteiger partial charge in [-0.05, 0) is 103 Å². The average molecular weight is 1250 g/mol. The van der Waals surface area contributed by atoms with E-state index in [0.29, 0.717) is 5.56 Å². The van der Waals surface area contributed by atoms with Gasteiger partial charge in [-0.3, -0.25) is 68.8 Å². The number of hydrogen-bond donors (Lipinski definition) is 16. The second-order valence-corrected chi connectivity index (χ2v) is 22.6. The highest BCUT2D eigenvalue weighted by Crippen LogP contribution is 2.19. The molecule has 0 heterocycles. The van der Waals surface area contributed by atoms with Gasteiger partial charge in [0.2, 0.25) is 47.3 Å². The molecular formula is C60H89N19O11. The second-order valence-electron chi connectivity index (χ2n) is 22.6. The third kappa shape index (κ3) is 26.1. The molecule has 90 heavy (non-hydrogen) atoms. The molecule has 0 aromatic heterocycles. The summed E-state index contributed by atoms with van der Waals surface area (Å²) in [6.45, 7) is 7.40. The highest BCUT2D eigenvalue weighted by atomic mass is 16.3. The number of aliphatic imine (C=N–C) groups is 2. The van der Waals surface area contributed by atoms with Gasteiger partial charge in [-0.1, -0.05) is 100 Å². The predicted octanol–water partition coefficient (Wildman–Crippen LogP) is -2.96. The molecule has 0 aliphatic carbocycles. The monoisotopic (exact) mass is 1250 g/mol. The van der Waals surface area contributed by atoms with E-state index in [4.69, 9.17) is 34.4 Å². The highest BCUT2D eigenvalue weighted by molar-refractivity contribution is 5.96.